The van der Waals surface area contributed by atoms with Gasteiger partial charge in [-0.3, -0.25) is 4.79 Å². The van der Waals surface area contributed by atoms with E-state index in [-0.39, 0.29) is 42.1 Å². The molecule has 1 aromatic heterocycles. The van der Waals surface area contributed by atoms with Gasteiger partial charge in [0.1, 0.15) is 5.01 Å². The molecule has 1 unspecified atom stereocenters. The molecule has 1 aliphatic rings. The highest BCUT2D eigenvalue weighted by atomic mass is 35.5. The Kier molecular flexibility index (Phi) is 8.03. The number of amides is 1. The molecule has 0 radical (unpaired) electrons. The maximum Gasteiger partial charge on any atom is 0.224 e. The summed E-state index contributed by atoms with van der Waals surface area (Å²) < 4.78 is 0. The zero-order valence-electron chi connectivity index (χ0n) is 12.1. The third-order valence-electron chi connectivity index (χ3n) is 3.17. The molecule has 20 heavy (non-hydrogen) atoms. The van der Waals surface area contributed by atoms with Crippen molar-refractivity contribution in [3.05, 3.63) is 16.1 Å². The minimum atomic E-state index is 0. The maximum atomic E-state index is 11.8. The van der Waals surface area contributed by atoms with Crippen molar-refractivity contribution in [3.8, 4) is 0 Å². The minimum Gasteiger partial charge on any atom is -0.349 e. The smallest absolute Gasteiger partial charge is 0.224 e. The van der Waals surface area contributed by atoms with Gasteiger partial charge in [0.25, 0.3) is 0 Å². The highest BCUT2D eigenvalue weighted by molar-refractivity contribution is 7.09. The normalized spacial score (nSPS) is 18.1. The molecule has 2 heterocycles. The number of nitrogens with one attached hydrogen (secondary N) is 2. The van der Waals surface area contributed by atoms with E-state index < -0.39 is 0 Å². The quantitative estimate of drug-likeness (QED) is 0.889. The molecule has 1 atom stereocenters. The molecular formula is C13H23Cl2N3OS. The van der Waals surface area contributed by atoms with Crippen LogP contribution in [0.25, 0.3) is 0 Å². The van der Waals surface area contributed by atoms with Crippen molar-refractivity contribution in [1.29, 1.82) is 0 Å². The van der Waals surface area contributed by atoms with Crippen LogP contribution in [-0.4, -0.2) is 24.0 Å². The Morgan fingerprint density at radius 3 is 2.70 bits per heavy atom. The second kappa shape index (κ2) is 8.17. The summed E-state index contributed by atoms with van der Waals surface area (Å²) in [6.45, 7) is 8.74. The maximum absolute atomic E-state index is 11.8. The van der Waals surface area contributed by atoms with Crippen molar-refractivity contribution in [1.82, 2.24) is 15.6 Å². The Bertz CT molecular complexity index is 425. The lowest BCUT2D eigenvalue weighted by atomic mass is 9.93. The molecule has 0 aliphatic carbocycles. The number of nitrogens with zero attached hydrogens (tertiary/aromatic N) is 1. The highest BCUT2D eigenvalue weighted by Gasteiger charge is 2.22. The molecule has 0 bridgehead atoms. The molecule has 1 amide bonds. The van der Waals surface area contributed by atoms with Crippen molar-refractivity contribution >= 4 is 42.1 Å². The van der Waals surface area contributed by atoms with Gasteiger partial charge in [-0.25, -0.2) is 4.98 Å². The van der Waals surface area contributed by atoms with Gasteiger partial charge in [-0.1, -0.05) is 20.8 Å². The molecular weight excluding hydrogens is 317 g/mol. The van der Waals surface area contributed by atoms with Crippen LogP contribution < -0.4 is 10.6 Å². The van der Waals surface area contributed by atoms with E-state index in [4.69, 9.17) is 0 Å². The van der Waals surface area contributed by atoms with Gasteiger partial charge in [0.05, 0.1) is 18.2 Å². The summed E-state index contributed by atoms with van der Waals surface area (Å²) in [6, 6.07) is 0. The van der Waals surface area contributed by atoms with Gasteiger partial charge in [0.15, 0.2) is 0 Å². The second-order valence-corrected chi connectivity index (χ2v) is 6.73. The van der Waals surface area contributed by atoms with Crippen molar-refractivity contribution < 1.29 is 4.79 Å². The first kappa shape index (κ1) is 19.6. The van der Waals surface area contributed by atoms with Crippen LogP contribution in [0.3, 0.4) is 0 Å². The van der Waals surface area contributed by atoms with Gasteiger partial charge < -0.3 is 10.6 Å². The van der Waals surface area contributed by atoms with Crippen LogP contribution in [-0.2, 0) is 16.8 Å². The lowest BCUT2D eigenvalue weighted by molar-refractivity contribution is -0.124. The van der Waals surface area contributed by atoms with E-state index in [1.807, 2.05) is 0 Å². The monoisotopic (exact) mass is 339 g/mol. The summed E-state index contributed by atoms with van der Waals surface area (Å²) in [5.41, 5.74) is 1.17. The largest absolute Gasteiger partial charge is 0.349 e. The Morgan fingerprint density at radius 2 is 2.20 bits per heavy atom. The van der Waals surface area contributed by atoms with Crippen molar-refractivity contribution in [2.45, 2.75) is 39.2 Å². The van der Waals surface area contributed by atoms with E-state index in [0.717, 1.165) is 30.2 Å². The first-order valence-corrected chi connectivity index (χ1v) is 7.28. The van der Waals surface area contributed by atoms with E-state index in [9.17, 15) is 4.79 Å². The van der Waals surface area contributed by atoms with Crippen molar-refractivity contribution in [3.63, 3.8) is 0 Å². The lowest BCUT2D eigenvalue weighted by Gasteiger charge is -2.14. The number of thiazole rings is 1. The number of carbonyl (C=O) groups excluding carboxylic acids is 1. The van der Waals surface area contributed by atoms with E-state index >= 15 is 0 Å². The SMILES string of the molecule is CC(C)(C)c1csc(CNC(=O)C2CCNC2)n1.Cl.Cl. The van der Waals surface area contributed by atoms with Gasteiger partial charge in [0.2, 0.25) is 5.91 Å². The molecule has 1 saturated heterocycles. The summed E-state index contributed by atoms with van der Waals surface area (Å²) >= 11 is 1.62. The van der Waals surface area contributed by atoms with E-state index in [2.05, 4.69) is 41.8 Å². The molecule has 4 nitrogen and oxygen atoms in total. The predicted octanol–water partition coefficient (Wildman–Crippen LogP) is 2.51. The van der Waals surface area contributed by atoms with Crippen molar-refractivity contribution in [2.75, 3.05) is 13.1 Å². The number of aromatic nitrogens is 1. The van der Waals surface area contributed by atoms with Crippen LogP contribution in [0.1, 0.15) is 37.9 Å². The Hall–Kier alpha value is -0.360. The van der Waals surface area contributed by atoms with Crippen LogP contribution in [0.5, 0.6) is 0 Å². The molecule has 1 aromatic rings. The summed E-state index contributed by atoms with van der Waals surface area (Å²) in [6.07, 6.45) is 0.941. The second-order valence-electron chi connectivity index (χ2n) is 5.78. The van der Waals surface area contributed by atoms with Crippen LogP contribution in [0.4, 0.5) is 0 Å². The number of carbonyl (C=O) groups is 1. The fraction of sp³-hybridized carbons (Fsp3) is 0.692. The topological polar surface area (TPSA) is 54.0 Å². The Balaban J connectivity index is 0.00000180. The average Bonchev–Trinajstić information content (AvgIpc) is 2.96. The van der Waals surface area contributed by atoms with Crippen LogP contribution in [0.15, 0.2) is 5.38 Å². The fourth-order valence-electron chi connectivity index (χ4n) is 1.92. The molecule has 0 spiro atoms. The van der Waals surface area contributed by atoms with Crippen molar-refractivity contribution in [2.24, 2.45) is 5.92 Å². The molecule has 1 aliphatic heterocycles. The van der Waals surface area contributed by atoms with E-state index in [1.165, 1.54) is 0 Å². The third-order valence-corrected chi connectivity index (χ3v) is 4.01. The van der Waals surface area contributed by atoms with Gasteiger partial charge in [-0.05, 0) is 13.0 Å². The van der Waals surface area contributed by atoms with E-state index in [1.54, 1.807) is 11.3 Å². The summed E-state index contributed by atoms with van der Waals surface area (Å²) in [4.78, 5) is 16.4. The molecule has 7 heteroatoms. The molecule has 1 fully saturated rings. The molecule has 2 N–H and O–H groups in total. The van der Waals surface area contributed by atoms with Gasteiger partial charge in [0, 0.05) is 17.3 Å². The van der Waals surface area contributed by atoms with E-state index in [0.29, 0.717) is 6.54 Å². The van der Waals surface area contributed by atoms with Crippen LogP contribution >= 0.6 is 36.2 Å². The summed E-state index contributed by atoms with van der Waals surface area (Å²) in [5.74, 6) is 0.277. The number of rotatable bonds is 3. The van der Waals surface area contributed by atoms with Gasteiger partial charge in [-0.15, -0.1) is 36.2 Å². The highest BCUT2D eigenvalue weighted by Crippen LogP contribution is 2.23. The Labute approximate surface area is 137 Å². The minimum absolute atomic E-state index is 0. The molecule has 0 saturated carbocycles. The van der Waals surface area contributed by atoms with Crippen LogP contribution in [0.2, 0.25) is 0 Å². The first-order valence-electron chi connectivity index (χ1n) is 6.40. The predicted molar refractivity (Wildman–Crippen MR) is 88.1 cm³/mol. The lowest BCUT2D eigenvalue weighted by Crippen LogP contribution is -2.31. The molecule has 116 valence electrons. The zero-order chi connectivity index (χ0) is 13.2. The number of hydrogen-bond donors (Lipinski definition) is 2. The summed E-state index contributed by atoms with van der Waals surface area (Å²) in [5, 5.41) is 9.24. The van der Waals surface area contributed by atoms with Crippen LogP contribution in [0, 0.1) is 5.92 Å². The fourth-order valence-corrected chi connectivity index (χ4v) is 2.88. The third kappa shape index (κ3) is 5.20. The first-order chi connectivity index (χ1) is 8.47. The molecule has 0 aromatic carbocycles. The summed E-state index contributed by atoms with van der Waals surface area (Å²) in [7, 11) is 0. The number of halogens is 2. The zero-order valence-corrected chi connectivity index (χ0v) is 14.5. The standard InChI is InChI=1S/C13H21N3OS.2ClH/c1-13(2,3)10-8-18-11(16-10)7-15-12(17)9-4-5-14-6-9;;/h8-9,14H,4-7H2,1-3H3,(H,15,17);2*1H. The Morgan fingerprint density at radius 1 is 1.50 bits per heavy atom. The van der Waals surface area contributed by atoms with Gasteiger partial charge in [-0.2, -0.15) is 0 Å². The number of hydrogen-bond acceptors (Lipinski definition) is 4. The van der Waals surface area contributed by atoms with Gasteiger partial charge >= 0.3 is 0 Å². The molecule has 2 rings (SSSR count). The average molecular weight is 340 g/mol.